The predicted molar refractivity (Wildman–Crippen MR) is 63.0 cm³/mol. The Morgan fingerprint density at radius 3 is 2.41 bits per heavy atom. The van der Waals surface area contributed by atoms with Gasteiger partial charge in [0.25, 0.3) is 0 Å². The van der Waals surface area contributed by atoms with Crippen LogP contribution >= 0.6 is 0 Å². The van der Waals surface area contributed by atoms with Gasteiger partial charge in [0.15, 0.2) is 0 Å². The highest BCUT2D eigenvalue weighted by atomic mass is 19.4. The summed E-state index contributed by atoms with van der Waals surface area (Å²) in [6.07, 6.45) is -1.22. The number of likely N-dealkylation sites (N-methyl/N-ethyl adjacent to an activating group) is 2. The zero-order chi connectivity index (χ0) is 13.3. The van der Waals surface area contributed by atoms with E-state index in [2.05, 4.69) is 19.2 Å². The molecule has 1 aliphatic carbocycles. The average Bonchev–Trinajstić information content (AvgIpc) is 2.13. The molecule has 5 heteroatoms. The van der Waals surface area contributed by atoms with E-state index in [1.807, 2.05) is 7.05 Å². The molecule has 0 spiro atoms. The molecule has 1 saturated carbocycles. The molecule has 0 saturated heterocycles. The van der Waals surface area contributed by atoms with Gasteiger partial charge in [-0.3, -0.25) is 4.90 Å². The van der Waals surface area contributed by atoms with Crippen LogP contribution in [0.2, 0.25) is 0 Å². The van der Waals surface area contributed by atoms with E-state index in [-0.39, 0.29) is 17.5 Å². The van der Waals surface area contributed by atoms with Crippen molar-refractivity contribution in [1.82, 2.24) is 10.2 Å². The van der Waals surface area contributed by atoms with E-state index in [9.17, 15) is 13.2 Å². The fraction of sp³-hybridized carbons (Fsp3) is 1.00. The molecule has 0 amide bonds. The third kappa shape index (κ3) is 3.85. The van der Waals surface area contributed by atoms with Crippen molar-refractivity contribution in [3.63, 3.8) is 0 Å². The Morgan fingerprint density at radius 1 is 1.35 bits per heavy atom. The van der Waals surface area contributed by atoms with Crippen LogP contribution < -0.4 is 5.32 Å². The topological polar surface area (TPSA) is 15.3 Å². The highest BCUT2D eigenvalue weighted by Crippen LogP contribution is 2.37. The smallest absolute Gasteiger partial charge is 0.315 e. The van der Waals surface area contributed by atoms with Crippen molar-refractivity contribution in [1.29, 1.82) is 0 Å². The van der Waals surface area contributed by atoms with Crippen LogP contribution in [0.15, 0.2) is 0 Å². The van der Waals surface area contributed by atoms with Crippen molar-refractivity contribution < 1.29 is 13.2 Å². The minimum Gasteiger partial charge on any atom is -0.315 e. The lowest BCUT2D eigenvalue weighted by Gasteiger charge is -2.47. The molecule has 2 atom stereocenters. The summed E-state index contributed by atoms with van der Waals surface area (Å²) in [5.41, 5.74) is 0.0531. The van der Waals surface area contributed by atoms with E-state index < -0.39 is 12.7 Å². The molecule has 0 aliphatic heterocycles. The van der Waals surface area contributed by atoms with Crippen molar-refractivity contribution in [3.8, 4) is 0 Å². The molecule has 1 rings (SSSR count). The van der Waals surface area contributed by atoms with Crippen LogP contribution in [0.4, 0.5) is 13.2 Å². The summed E-state index contributed by atoms with van der Waals surface area (Å²) >= 11 is 0. The minimum atomic E-state index is -4.12. The van der Waals surface area contributed by atoms with Gasteiger partial charge in [0.05, 0.1) is 6.54 Å². The molecule has 0 aromatic rings. The number of halogens is 3. The lowest BCUT2D eigenvalue weighted by atomic mass is 9.70. The summed E-state index contributed by atoms with van der Waals surface area (Å²) in [5, 5.41) is 3.20. The van der Waals surface area contributed by atoms with Crippen LogP contribution in [0, 0.1) is 5.41 Å². The maximum atomic E-state index is 12.4. The second-order valence-corrected chi connectivity index (χ2v) is 5.74. The van der Waals surface area contributed by atoms with Gasteiger partial charge in [0.1, 0.15) is 0 Å². The second-order valence-electron chi connectivity index (χ2n) is 5.74. The highest BCUT2D eigenvalue weighted by molar-refractivity contribution is 4.97. The zero-order valence-corrected chi connectivity index (χ0v) is 11.1. The van der Waals surface area contributed by atoms with Crippen LogP contribution in [-0.2, 0) is 0 Å². The maximum Gasteiger partial charge on any atom is 0.401 e. The molecule has 1 fully saturated rings. The molecule has 0 radical (unpaired) electrons. The molecular weight excluding hydrogens is 229 g/mol. The maximum absolute atomic E-state index is 12.4. The van der Waals surface area contributed by atoms with Gasteiger partial charge >= 0.3 is 6.18 Å². The number of nitrogens with one attached hydrogen (secondary N) is 1. The van der Waals surface area contributed by atoms with Gasteiger partial charge in [-0.05, 0) is 32.4 Å². The summed E-state index contributed by atoms with van der Waals surface area (Å²) in [7, 11) is 3.41. The molecule has 0 aromatic heterocycles. The van der Waals surface area contributed by atoms with Gasteiger partial charge in [-0.1, -0.05) is 20.3 Å². The first kappa shape index (κ1) is 14.8. The van der Waals surface area contributed by atoms with Gasteiger partial charge in [0.2, 0.25) is 0 Å². The first-order chi connectivity index (χ1) is 7.67. The molecule has 2 unspecified atom stereocenters. The van der Waals surface area contributed by atoms with Gasteiger partial charge in [-0.15, -0.1) is 0 Å². The Hall–Kier alpha value is -0.290. The molecular formula is C12H23F3N2. The second kappa shape index (κ2) is 5.14. The standard InChI is InChI=1S/C12H23F3N2/c1-11(2)7-5-6-9(10(11)16-3)17(4)8-12(13,14)15/h9-10,16H,5-8H2,1-4H3. The molecule has 102 valence electrons. The predicted octanol–water partition coefficient (Wildman–Crippen LogP) is 2.65. The van der Waals surface area contributed by atoms with E-state index in [0.717, 1.165) is 19.3 Å². The summed E-state index contributed by atoms with van der Waals surface area (Å²) in [5.74, 6) is 0. The summed E-state index contributed by atoms with van der Waals surface area (Å²) < 4.78 is 37.3. The van der Waals surface area contributed by atoms with Crippen LogP contribution in [0.25, 0.3) is 0 Å². The van der Waals surface area contributed by atoms with E-state index in [4.69, 9.17) is 0 Å². The van der Waals surface area contributed by atoms with E-state index in [1.165, 1.54) is 4.90 Å². The third-order valence-corrected chi connectivity index (χ3v) is 3.85. The Morgan fingerprint density at radius 2 is 1.94 bits per heavy atom. The van der Waals surface area contributed by atoms with E-state index in [0.29, 0.717) is 0 Å². The van der Waals surface area contributed by atoms with Crippen molar-refractivity contribution in [2.24, 2.45) is 5.41 Å². The molecule has 1 N–H and O–H groups in total. The quantitative estimate of drug-likeness (QED) is 0.830. The molecule has 0 heterocycles. The lowest BCUT2D eigenvalue weighted by molar-refractivity contribution is -0.151. The zero-order valence-electron chi connectivity index (χ0n) is 11.1. The summed E-state index contributed by atoms with van der Waals surface area (Å²) in [6.45, 7) is 3.43. The van der Waals surface area contributed by atoms with Crippen molar-refractivity contribution >= 4 is 0 Å². The lowest BCUT2D eigenvalue weighted by Crippen LogP contribution is -2.58. The van der Waals surface area contributed by atoms with Crippen LogP contribution in [0.3, 0.4) is 0 Å². The normalized spacial score (nSPS) is 29.6. The Balaban J connectivity index is 2.74. The van der Waals surface area contributed by atoms with Gasteiger partial charge in [0, 0.05) is 12.1 Å². The Bertz CT molecular complexity index is 251. The number of nitrogens with zero attached hydrogens (tertiary/aromatic N) is 1. The molecule has 0 aromatic carbocycles. The third-order valence-electron chi connectivity index (χ3n) is 3.85. The molecule has 0 bridgehead atoms. The van der Waals surface area contributed by atoms with E-state index >= 15 is 0 Å². The number of rotatable bonds is 3. The van der Waals surface area contributed by atoms with Crippen LogP contribution in [-0.4, -0.2) is 43.8 Å². The summed E-state index contributed by atoms with van der Waals surface area (Å²) in [6, 6.07) is 0.0778. The van der Waals surface area contributed by atoms with Crippen molar-refractivity contribution in [3.05, 3.63) is 0 Å². The molecule has 1 aliphatic rings. The fourth-order valence-electron chi connectivity index (χ4n) is 3.07. The average molecular weight is 252 g/mol. The first-order valence-electron chi connectivity index (χ1n) is 6.11. The Labute approximate surface area is 102 Å². The number of hydrogen-bond acceptors (Lipinski definition) is 2. The highest BCUT2D eigenvalue weighted by Gasteiger charge is 2.42. The monoisotopic (exact) mass is 252 g/mol. The minimum absolute atomic E-state index is 0.0367. The SMILES string of the molecule is CNC1C(N(C)CC(F)(F)F)CCCC1(C)C. The fourth-order valence-corrected chi connectivity index (χ4v) is 3.07. The van der Waals surface area contributed by atoms with Gasteiger partial charge in [-0.25, -0.2) is 0 Å². The van der Waals surface area contributed by atoms with Gasteiger partial charge < -0.3 is 5.32 Å². The van der Waals surface area contributed by atoms with Crippen molar-refractivity contribution in [2.45, 2.75) is 51.4 Å². The summed E-state index contributed by atoms with van der Waals surface area (Å²) in [4.78, 5) is 1.45. The first-order valence-corrected chi connectivity index (χ1v) is 6.11. The number of hydrogen-bond donors (Lipinski definition) is 1. The van der Waals surface area contributed by atoms with Crippen molar-refractivity contribution in [2.75, 3.05) is 20.6 Å². The van der Waals surface area contributed by atoms with Crippen LogP contribution in [0.5, 0.6) is 0 Å². The van der Waals surface area contributed by atoms with Gasteiger partial charge in [-0.2, -0.15) is 13.2 Å². The largest absolute Gasteiger partial charge is 0.401 e. The number of alkyl halides is 3. The Kier molecular flexibility index (Phi) is 4.47. The molecule has 2 nitrogen and oxygen atoms in total. The van der Waals surface area contributed by atoms with Crippen LogP contribution in [0.1, 0.15) is 33.1 Å². The van der Waals surface area contributed by atoms with E-state index in [1.54, 1.807) is 7.05 Å². The molecule has 17 heavy (non-hydrogen) atoms.